The molecule has 1 saturated heterocycles. The third kappa shape index (κ3) is 7.64. The summed E-state index contributed by atoms with van der Waals surface area (Å²) in [6.45, 7) is 13.2. The lowest BCUT2D eigenvalue weighted by atomic mass is 9.57. The summed E-state index contributed by atoms with van der Waals surface area (Å²) in [4.78, 5) is 42.0. The number of aliphatic carboxylic acids is 2. The molecule has 0 saturated carbocycles. The molecule has 0 amide bonds. The average Bonchev–Trinajstić information content (AvgIpc) is 3.65. The van der Waals surface area contributed by atoms with Crippen LogP contribution in [0.4, 0.5) is 5.82 Å². The van der Waals surface area contributed by atoms with E-state index in [1.165, 1.54) is 44.3 Å². The zero-order valence-corrected chi connectivity index (χ0v) is 31.5. The average molecular weight is 744 g/mol. The molecule has 0 bridgehead atoms. The number of carboxylic acid groups (broad SMARTS) is 2. The van der Waals surface area contributed by atoms with Gasteiger partial charge in [-0.15, -0.1) is 0 Å². The Balaban J connectivity index is 1.83. The monoisotopic (exact) mass is 743 g/mol. The quantitative estimate of drug-likeness (QED) is 0.104. The van der Waals surface area contributed by atoms with Crippen molar-refractivity contribution in [1.82, 2.24) is 14.6 Å². The van der Waals surface area contributed by atoms with Gasteiger partial charge in [0.05, 0.1) is 35.2 Å². The van der Waals surface area contributed by atoms with E-state index in [0.717, 1.165) is 11.9 Å². The van der Waals surface area contributed by atoms with Gasteiger partial charge >= 0.3 is 25.7 Å². The van der Waals surface area contributed by atoms with Crippen molar-refractivity contribution in [3.63, 3.8) is 0 Å². The number of hydrogen-bond acceptors (Lipinski definition) is 13. The number of carbonyl (C=O) groups excluding carboxylic acids is 1. The molecule has 0 radical (unpaired) electrons. The minimum atomic E-state index is -4.72. The van der Waals surface area contributed by atoms with Crippen LogP contribution in [0.3, 0.4) is 0 Å². The SMILES string of the molecule is CC(C)C(=O)OCOP(=O)(OC[C@@H]1O[C@@](C#N)(c2ccc3c(N)ncnn23)[C@@H](C(C)(C)C(=O)O)[C@@H]1C(C)(C)C(=O)O)Oc1ccc(C(C)(C)C)cc1. The van der Waals surface area contributed by atoms with E-state index in [0.29, 0.717) is 0 Å². The first-order chi connectivity index (χ1) is 24.0. The van der Waals surface area contributed by atoms with E-state index in [1.807, 2.05) is 20.8 Å². The molecule has 16 nitrogen and oxygen atoms in total. The highest BCUT2D eigenvalue weighted by Crippen LogP contribution is 2.61. The van der Waals surface area contributed by atoms with Gasteiger partial charge in [0.25, 0.3) is 0 Å². The van der Waals surface area contributed by atoms with Gasteiger partial charge in [-0.2, -0.15) is 10.4 Å². The highest BCUT2D eigenvalue weighted by Gasteiger charge is 2.68. The van der Waals surface area contributed by atoms with Crippen LogP contribution in [0.25, 0.3) is 5.52 Å². The topological polar surface area (TPSA) is 235 Å². The summed E-state index contributed by atoms with van der Waals surface area (Å²) in [7, 11) is -4.72. The van der Waals surface area contributed by atoms with Gasteiger partial charge in [-0.25, -0.2) is 18.6 Å². The first-order valence-electron chi connectivity index (χ1n) is 16.5. The van der Waals surface area contributed by atoms with Gasteiger partial charge in [-0.1, -0.05) is 46.8 Å². The Kier molecular flexibility index (Phi) is 11.2. The van der Waals surface area contributed by atoms with Gasteiger partial charge < -0.3 is 29.9 Å². The molecule has 0 aliphatic carbocycles. The Labute approximate surface area is 301 Å². The summed E-state index contributed by atoms with van der Waals surface area (Å²) in [5.41, 5.74) is 1.39. The molecule has 1 unspecified atom stereocenters. The molecule has 1 fully saturated rings. The van der Waals surface area contributed by atoms with Crippen LogP contribution >= 0.6 is 7.82 Å². The number of carboxylic acids is 2. The van der Waals surface area contributed by atoms with E-state index in [4.69, 9.17) is 28.8 Å². The fraction of sp³-hybridized carbons (Fsp3) is 0.543. The summed E-state index contributed by atoms with van der Waals surface area (Å²) < 4.78 is 44.2. The van der Waals surface area contributed by atoms with Crippen molar-refractivity contribution in [1.29, 1.82) is 5.26 Å². The van der Waals surface area contributed by atoms with E-state index in [9.17, 15) is 34.4 Å². The summed E-state index contributed by atoms with van der Waals surface area (Å²) in [5.74, 6) is -6.39. The number of nitrogens with zero attached hydrogens (tertiary/aromatic N) is 4. The smallest absolute Gasteiger partial charge is 0.481 e. The second-order valence-corrected chi connectivity index (χ2v) is 16.8. The van der Waals surface area contributed by atoms with E-state index in [2.05, 4.69) is 16.2 Å². The lowest BCUT2D eigenvalue weighted by Gasteiger charge is -2.42. The predicted octanol–water partition coefficient (Wildman–Crippen LogP) is 5.56. The van der Waals surface area contributed by atoms with Gasteiger partial charge in [0.15, 0.2) is 5.82 Å². The molecule has 1 aromatic carbocycles. The number of hydrogen-bond donors (Lipinski definition) is 3. The maximum atomic E-state index is 14.3. The molecule has 4 rings (SSSR count). The Hall–Kier alpha value is -4.55. The van der Waals surface area contributed by atoms with Crippen LogP contribution in [0, 0.1) is 39.9 Å². The number of fused-ring (bicyclic) bond motifs is 1. The van der Waals surface area contributed by atoms with Gasteiger partial charge in [0.1, 0.15) is 23.7 Å². The molecule has 282 valence electrons. The molecule has 3 aromatic rings. The number of benzene rings is 1. The van der Waals surface area contributed by atoms with Crippen LogP contribution < -0.4 is 10.3 Å². The third-order valence-corrected chi connectivity index (χ3v) is 10.8. The fourth-order valence-corrected chi connectivity index (χ4v) is 7.50. The van der Waals surface area contributed by atoms with E-state index >= 15 is 0 Å². The second-order valence-electron chi connectivity index (χ2n) is 15.2. The van der Waals surface area contributed by atoms with Crippen molar-refractivity contribution in [3.05, 3.63) is 54.0 Å². The number of esters is 1. The lowest BCUT2D eigenvalue weighted by Crippen LogP contribution is -2.51. The number of ether oxygens (including phenoxy) is 2. The van der Waals surface area contributed by atoms with Gasteiger partial charge in [-0.3, -0.25) is 18.9 Å². The summed E-state index contributed by atoms with van der Waals surface area (Å²) in [6.07, 6.45) is -0.269. The summed E-state index contributed by atoms with van der Waals surface area (Å²) >= 11 is 0. The maximum Gasteiger partial charge on any atom is 0.533 e. The summed E-state index contributed by atoms with van der Waals surface area (Å²) in [5, 5.41) is 36.3. The lowest BCUT2D eigenvalue weighted by molar-refractivity contribution is -0.161. The molecule has 2 aromatic heterocycles. The van der Waals surface area contributed by atoms with E-state index in [-0.39, 0.29) is 28.2 Å². The molecule has 4 N–H and O–H groups in total. The first-order valence-corrected chi connectivity index (χ1v) is 18.0. The number of rotatable bonds is 14. The Bertz CT molecular complexity index is 1910. The molecule has 1 aliphatic heterocycles. The molecule has 1 aliphatic rings. The molecule has 52 heavy (non-hydrogen) atoms. The minimum absolute atomic E-state index is 0.0577. The minimum Gasteiger partial charge on any atom is -0.481 e. The van der Waals surface area contributed by atoms with Crippen LogP contribution in [0.1, 0.15) is 73.6 Å². The van der Waals surface area contributed by atoms with Gasteiger partial charge in [-0.05, 0) is 62.9 Å². The van der Waals surface area contributed by atoms with Crippen molar-refractivity contribution in [2.75, 3.05) is 19.1 Å². The maximum absolute atomic E-state index is 14.3. The highest BCUT2D eigenvalue weighted by molar-refractivity contribution is 7.48. The molecule has 5 atom stereocenters. The molecule has 17 heteroatoms. The molecule has 3 heterocycles. The Morgan fingerprint density at radius 1 is 1.02 bits per heavy atom. The van der Waals surface area contributed by atoms with Crippen molar-refractivity contribution in [2.45, 2.75) is 79.4 Å². The van der Waals surface area contributed by atoms with Crippen molar-refractivity contribution in [3.8, 4) is 11.8 Å². The van der Waals surface area contributed by atoms with Crippen LogP contribution in [0.2, 0.25) is 0 Å². The number of carbonyl (C=O) groups is 3. The first kappa shape index (κ1) is 40.2. The zero-order valence-electron chi connectivity index (χ0n) is 30.6. The second kappa shape index (κ2) is 14.5. The Morgan fingerprint density at radius 3 is 2.17 bits per heavy atom. The number of aromatic nitrogens is 3. The predicted molar refractivity (Wildman–Crippen MR) is 186 cm³/mol. The third-order valence-electron chi connectivity index (χ3n) is 9.49. The zero-order chi connectivity index (χ0) is 39.0. The van der Waals surface area contributed by atoms with Crippen molar-refractivity contribution in [2.24, 2.45) is 28.6 Å². The summed E-state index contributed by atoms with van der Waals surface area (Å²) in [6, 6.07) is 11.8. The normalized spacial score (nSPS) is 22.1. The van der Waals surface area contributed by atoms with Gasteiger partial charge in [0.2, 0.25) is 12.4 Å². The van der Waals surface area contributed by atoms with Crippen LogP contribution in [-0.2, 0) is 48.5 Å². The molecule has 0 spiro atoms. The van der Waals surface area contributed by atoms with Crippen LogP contribution in [0.5, 0.6) is 5.75 Å². The number of nitrogens with two attached hydrogens (primary N) is 1. The number of phosphoric acid groups is 1. The highest BCUT2D eigenvalue weighted by atomic mass is 31.2. The van der Waals surface area contributed by atoms with E-state index < -0.39 is 79.4 Å². The van der Waals surface area contributed by atoms with Crippen LogP contribution in [0.15, 0.2) is 42.7 Å². The number of nitriles is 1. The van der Waals surface area contributed by atoms with Gasteiger partial charge in [0, 0.05) is 11.8 Å². The number of nitrogen functional groups attached to an aromatic ring is 1. The van der Waals surface area contributed by atoms with E-state index in [1.54, 1.807) is 38.1 Å². The number of anilines is 1. The standard InChI is InChI=1S/C35H46N5O11P/c1-20(2)29(41)47-19-49-52(46,51-22-12-10-21(11-13-22)32(3,4)5)48-16-24-26(33(6,7)30(42)43)27(34(8,9)31(44)45)35(17-36,50-24)25-15-14-23-28(37)38-18-39-40(23)25/h10-15,18,20,24,26-27H,16,19H2,1-9H3,(H,42,43)(H,44,45)(H2,37,38,39)/t24-,26+,27+,35-,52?/m0/s1. The van der Waals surface area contributed by atoms with Crippen molar-refractivity contribution >= 4 is 37.1 Å². The largest absolute Gasteiger partial charge is 0.533 e. The fourth-order valence-electron chi connectivity index (χ4n) is 6.43. The van der Waals surface area contributed by atoms with Crippen molar-refractivity contribution < 1.29 is 52.2 Å². The Morgan fingerprint density at radius 2 is 1.63 bits per heavy atom. The molecular weight excluding hydrogens is 697 g/mol. The van der Waals surface area contributed by atoms with Crippen LogP contribution in [-0.4, -0.2) is 62.2 Å². The number of phosphoric ester groups is 1. The molecular formula is C35H46N5O11P.